The summed E-state index contributed by atoms with van der Waals surface area (Å²) in [7, 11) is 0. The molecule has 2 heterocycles. The fourth-order valence-electron chi connectivity index (χ4n) is 6.63. The maximum absolute atomic E-state index is 13.7. The highest BCUT2D eigenvalue weighted by Crippen LogP contribution is 2.33. The topological polar surface area (TPSA) is 206 Å². The Labute approximate surface area is 350 Å². The lowest BCUT2D eigenvalue weighted by molar-refractivity contribution is -0.327. The number of nitrogens with one attached hydrogen (secondary N) is 1. The molecule has 2 fully saturated rings. The highest BCUT2D eigenvalue weighted by molar-refractivity contribution is 5.91. The minimum Gasteiger partial charge on any atom is -0.452 e. The van der Waals surface area contributed by atoms with E-state index in [1.54, 1.807) is 23.5 Å². The molecule has 332 valence electrons. The predicted octanol–water partition coefficient (Wildman–Crippen LogP) is 4.27. The van der Waals surface area contributed by atoms with Gasteiger partial charge in [-0.05, 0) is 42.8 Å². The number of alkyl halides is 3. The number of carbonyl (C=O) groups excluding carboxylic acids is 4. The minimum absolute atomic E-state index is 0.000260. The van der Waals surface area contributed by atoms with Gasteiger partial charge in [0.2, 0.25) is 0 Å². The molecule has 3 aromatic carbocycles. The van der Waals surface area contributed by atoms with Crippen molar-refractivity contribution in [3.8, 4) is 0 Å². The summed E-state index contributed by atoms with van der Waals surface area (Å²) in [4.78, 5) is 53.1. The molecule has 0 bridgehead atoms. The van der Waals surface area contributed by atoms with Gasteiger partial charge in [0.1, 0.15) is 30.5 Å². The third kappa shape index (κ3) is 13.3. The lowest BCUT2D eigenvalue weighted by atomic mass is 9.96. The van der Waals surface area contributed by atoms with E-state index in [1.807, 2.05) is 0 Å². The SMILES string of the molecule is CCCCCCCCO[C@H]1O[C@H](CO[C@H]2O[C@H](CNC(=O)C(F)(F)F)[C@@H](OC(=O)c3ccccc3)[C@H](OC(=O)c3ccccc3)[C@@H]2OC(=O)c2ccccc2)[C@@H](O)[C@H](O)[C@@H]1O. The normalized spacial score (nSPS) is 26.5. The van der Waals surface area contributed by atoms with Gasteiger partial charge in [-0.1, -0.05) is 93.6 Å². The van der Waals surface area contributed by atoms with E-state index >= 15 is 0 Å². The molecule has 2 saturated heterocycles. The van der Waals surface area contributed by atoms with Crippen molar-refractivity contribution in [2.45, 2.75) is 113 Å². The molecule has 1 amide bonds. The third-order valence-corrected chi connectivity index (χ3v) is 9.94. The van der Waals surface area contributed by atoms with Crippen LogP contribution in [-0.4, -0.2) is 126 Å². The standard InChI is InChI=1S/C43H50F3NO14/c1-2-3-4-5-6-16-23-55-40-33(50)32(49)31(48)30(58-40)25-56-41-36(61-39(53)28-21-14-9-15-22-28)35(60-38(52)27-19-12-8-13-20-27)34(59-37(51)26-17-10-7-11-18-26)29(57-41)24-47-42(54)43(44,45)46/h7-15,17-22,29-36,40-41,48-50H,2-6,16,23-25H2,1H3,(H,47,54)/t29-,30-,31-,32+,33+,34-,35+,36+,40+,41+/m1/s1. The first-order valence-corrected chi connectivity index (χ1v) is 20.0. The highest BCUT2D eigenvalue weighted by atomic mass is 19.4. The number of amides is 1. The molecule has 0 unspecified atom stereocenters. The second-order valence-corrected chi connectivity index (χ2v) is 14.4. The number of carbonyl (C=O) groups is 4. The number of hydrogen-bond donors (Lipinski definition) is 4. The number of rotatable bonds is 19. The minimum atomic E-state index is -5.35. The second-order valence-electron chi connectivity index (χ2n) is 14.4. The lowest BCUT2D eigenvalue weighted by Crippen LogP contribution is -2.65. The molecule has 10 atom stereocenters. The van der Waals surface area contributed by atoms with Crippen molar-refractivity contribution in [3.63, 3.8) is 0 Å². The van der Waals surface area contributed by atoms with Crippen LogP contribution in [-0.2, 0) is 38.0 Å². The zero-order valence-electron chi connectivity index (χ0n) is 33.3. The lowest BCUT2D eigenvalue weighted by Gasteiger charge is -2.45. The average molecular weight is 862 g/mol. The van der Waals surface area contributed by atoms with E-state index in [0.29, 0.717) is 6.42 Å². The van der Waals surface area contributed by atoms with Crippen molar-refractivity contribution in [2.75, 3.05) is 19.8 Å². The molecule has 0 aliphatic carbocycles. The van der Waals surface area contributed by atoms with Gasteiger partial charge in [-0.2, -0.15) is 13.2 Å². The van der Waals surface area contributed by atoms with E-state index in [4.69, 9.17) is 33.2 Å². The maximum Gasteiger partial charge on any atom is 0.471 e. The van der Waals surface area contributed by atoms with E-state index in [1.165, 1.54) is 72.8 Å². The van der Waals surface area contributed by atoms with Crippen LogP contribution in [0.2, 0.25) is 0 Å². The van der Waals surface area contributed by atoms with Gasteiger partial charge in [-0.3, -0.25) is 4.79 Å². The summed E-state index contributed by atoms with van der Waals surface area (Å²) in [5.74, 6) is -5.49. The number of aliphatic hydroxyl groups is 3. The van der Waals surface area contributed by atoms with Crippen LogP contribution in [0.1, 0.15) is 76.5 Å². The van der Waals surface area contributed by atoms with Crippen molar-refractivity contribution < 1.29 is 80.8 Å². The van der Waals surface area contributed by atoms with Gasteiger partial charge >= 0.3 is 30.0 Å². The Morgan fingerprint density at radius 2 is 1.07 bits per heavy atom. The number of halogens is 3. The summed E-state index contributed by atoms with van der Waals surface area (Å²) in [6, 6.07) is 22.3. The summed E-state index contributed by atoms with van der Waals surface area (Å²) in [5.41, 5.74) is -0.0458. The van der Waals surface area contributed by atoms with Crippen LogP contribution in [0.5, 0.6) is 0 Å². The van der Waals surface area contributed by atoms with Crippen molar-refractivity contribution in [1.29, 1.82) is 0 Å². The Kier molecular flexibility index (Phi) is 17.6. The van der Waals surface area contributed by atoms with Gasteiger partial charge in [-0.25, -0.2) is 14.4 Å². The second kappa shape index (κ2) is 22.8. The molecule has 3 aromatic rings. The molecule has 18 heteroatoms. The van der Waals surface area contributed by atoms with E-state index in [2.05, 4.69) is 6.92 Å². The molecule has 0 spiro atoms. The van der Waals surface area contributed by atoms with Crippen LogP contribution in [0.3, 0.4) is 0 Å². The zero-order chi connectivity index (χ0) is 43.9. The van der Waals surface area contributed by atoms with Gasteiger partial charge in [0, 0.05) is 13.2 Å². The zero-order valence-corrected chi connectivity index (χ0v) is 33.3. The summed E-state index contributed by atoms with van der Waals surface area (Å²) >= 11 is 0. The first-order valence-electron chi connectivity index (χ1n) is 20.0. The Morgan fingerprint density at radius 1 is 0.590 bits per heavy atom. The fourth-order valence-corrected chi connectivity index (χ4v) is 6.63. The largest absolute Gasteiger partial charge is 0.471 e. The van der Waals surface area contributed by atoms with Crippen molar-refractivity contribution in [3.05, 3.63) is 108 Å². The summed E-state index contributed by atoms with van der Waals surface area (Å²) < 4.78 is 81.5. The highest BCUT2D eigenvalue weighted by Gasteiger charge is 2.54. The monoisotopic (exact) mass is 861 g/mol. The number of benzene rings is 3. The van der Waals surface area contributed by atoms with Gasteiger partial charge in [0.15, 0.2) is 30.9 Å². The van der Waals surface area contributed by atoms with E-state index in [0.717, 1.165) is 32.1 Å². The van der Waals surface area contributed by atoms with Gasteiger partial charge < -0.3 is 53.8 Å². The van der Waals surface area contributed by atoms with Crippen molar-refractivity contribution in [2.24, 2.45) is 0 Å². The molecule has 4 N–H and O–H groups in total. The van der Waals surface area contributed by atoms with Crippen LogP contribution >= 0.6 is 0 Å². The van der Waals surface area contributed by atoms with Gasteiger partial charge in [-0.15, -0.1) is 0 Å². The molecule has 2 aliphatic rings. The molecular weight excluding hydrogens is 811 g/mol. The Hall–Kier alpha value is -4.95. The van der Waals surface area contributed by atoms with Crippen LogP contribution in [0.4, 0.5) is 13.2 Å². The number of hydrogen-bond acceptors (Lipinski definition) is 14. The molecule has 15 nitrogen and oxygen atoms in total. The van der Waals surface area contributed by atoms with Crippen LogP contribution in [0.25, 0.3) is 0 Å². The third-order valence-electron chi connectivity index (χ3n) is 9.94. The van der Waals surface area contributed by atoms with Gasteiger partial charge in [0.25, 0.3) is 0 Å². The smallest absolute Gasteiger partial charge is 0.452 e. The number of esters is 3. The molecule has 0 aromatic heterocycles. The number of unbranched alkanes of at least 4 members (excludes halogenated alkanes) is 5. The van der Waals surface area contributed by atoms with Crippen molar-refractivity contribution in [1.82, 2.24) is 5.32 Å². The van der Waals surface area contributed by atoms with E-state index in [-0.39, 0.29) is 23.3 Å². The van der Waals surface area contributed by atoms with E-state index < -0.39 is 105 Å². The number of aliphatic hydroxyl groups excluding tert-OH is 3. The molecule has 0 saturated carbocycles. The summed E-state index contributed by atoms with van der Waals surface area (Å²) in [6.45, 7) is 0.530. The van der Waals surface area contributed by atoms with E-state index in [9.17, 15) is 47.7 Å². The Balaban J connectivity index is 1.48. The average Bonchev–Trinajstić information content (AvgIpc) is 3.26. The van der Waals surface area contributed by atoms with Crippen LogP contribution in [0.15, 0.2) is 91.0 Å². The summed E-state index contributed by atoms with van der Waals surface area (Å²) in [5, 5.41) is 34.1. The molecule has 5 rings (SSSR count). The molecule has 0 radical (unpaired) electrons. The Bertz CT molecular complexity index is 1840. The predicted molar refractivity (Wildman–Crippen MR) is 207 cm³/mol. The first-order chi connectivity index (χ1) is 29.3. The fraction of sp³-hybridized carbons (Fsp3) is 0.488. The van der Waals surface area contributed by atoms with Crippen molar-refractivity contribution >= 4 is 23.8 Å². The quantitative estimate of drug-likeness (QED) is 0.0756. The Morgan fingerprint density at radius 3 is 1.59 bits per heavy atom. The molecule has 2 aliphatic heterocycles. The maximum atomic E-state index is 13.7. The first kappa shape index (κ1) is 47.1. The summed E-state index contributed by atoms with van der Waals surface area (Å²) in [6.07, 6.45) is -17.2. The van der Waals surface area contributed by atoms with Crippen LogP contribution < -0.4 is 5.32 Å². The van der Waals surface area contributed by atoms with Crippen LogP contribution in [0, 0.1) is 0 Å². The number of ether oxygens (including phenoxy) is 7. The molecular formula is C43H50F3NO14. The molecule has 61 heavy (non-hydrogen) atoms. The van der Waals surface area contributed by atoms with Gasteiger partial charge in [0.05, 0.1) is 23.3 Å².